The van der Waals surface area contributed by atoms with E-state index in [1.165, 1.54) is 4.90 Å². The highest BCUT2D eigenvalue weighted by molar-refractivity contribution is 6.13. The molecule has 1 heterocycles. The Morgan fingerprint density at radius 2 is 1.62 bits per heavy atom. The minimum atomic E-state index is -0.0949. The second kappa shape index (κ2) is 8.25. The molecule has 136 valence electrons. The van der Waals surface area contributed by atoms with Crippen LogP contribution < -0.4 is 10.2 Å². The molecule has 1 aliphatic heterocycles. The number of benzene rings is 2. The Morgan fingerprint density at radius 1 is 1.00 bits per heavy atom. The zero-order valence-electron chi connectivity index (χ0n) is 15.2. The lowest BCUT2D eigenvalue weighted by Crippen LogP contribution is -3.16. The van der Waals surface area contributed by atoms with Crippen molar-refractivity contribution in [3.05, 3.63) is 65.7 Å². The average Bonchev–Trinajstić information content (AvgIpc) is 2.61. The molecule has 2 N–H and O–H groups in total. The molecule has 2 aromatic carbocycles. The van der Waals surface area contributed by atoms with E-state index >= 15 is 0 Å². The molecule has 26 heavy (non-hydrogen) atoms. The van der Waals surface area contributed by atoms with Crippen molar-refractivity contribution >= 4 is 17.4 Å². The molecule has 0 saturated carbocycles. The van der Waals surface area contributed by atoms with Gasteiger partial charge in [-0.2, -0.15) is 0 Å². The van der Waals surface area contributed by atoms with Gasteiger partial charge in [-0.1, -0.05) is 42.5 Å². The summed E-state index contributed by atoms with van der Waals surface area (Å²) < 4.78 is 5.72. The topological polar surface area (TPSA) is 59.8 Å². The Morgan fingerprint density at radius 3 is 2.31 bits per heavy atom. The molecule has 0 aromatic heterocycles. The number of ketones is 1. The van der Waals surface area contributed by atoms with E-state index in [-0.39, 0.29) is 23.9 Å². The fourth-order valence-electron chi connectivity index (χ4n) is 3.49. The largest absolute Gasteiger partial charge is 0.364 e. The van der Waals surface area contributed by atoms with Gasteiger partial charge in [0.2, 0.25) is 0 Å². The minimum absolute atomic E-state index is 0.0883. The first kappa shape index (κ1) is 18.3. The van der Waals surface area contributed by atoms with Crippen molar-refractivity contribution in [1.29, 1.82) is 0 Å². The lowest BCUT2D eigenvalue weighted by Gasteiger charge is -2.31. The third-order valence-corrected chi connectivity index (χ3v) is 4.51. The minimum Gasteiger partial charge on any atom is -0.364 e. The summed E-state index contributed by atoms with van der Waals surface area (Å²) in [6, 6.07) is 16.2. The fourth-order valence-corrected chi connectivity index (χ4v) is 3.49. The summed E-state index contributed by atoms with van der Waals surface area (Å²) in [5, 5.41) is 2.92. The number of anilines is 1. The van der Waals surface area contributed by atoms with Gasteiger partial charge < -0.3 is 15.0 Å². The van der Waals surface area contributed by atoms with Gasteiger partial charge in [0, 0.05) is 11.1 Å². The number of amides is 1. The summed E-state index contributed by atoms with van der Waals surface area (Å²) in [5.41, 5.74) is 1.67. The van der Waals surface area contributed by atoms with Crippen LogP contribution in [0.1, 0.15) is 29.8 Å². The van der Waals surface area contributed by atoms with Crippen LogP contribution >= 0.6 is 0 Å². The summed E-state index contributed by atoms with van der Waals surface area (Å²) in [4.78, 5) is 26.5. The van der Waals surface area contributed by atoms with Gasteiger partial charge in [-0.25, -0.2) is 0 Å². The molecule has 1 aliphatic rings. The third kappa shape index (κ3) is 4.56. The number of ether oxygens (including phenoxy) is 1. The lowest BCUT2D eigenvalue weighted by molar-refractivity contribution is -0.907. The molecule has 5 heteroatoms. The zero-order chi connectivity index (χ0) is 18.5. The number of morpholine rings is 1. The molecular formula is C21H25N2O3+. The Labute approximate surface area is 154 Å². The quantitative estimate of drug-likeness (QED) is 0.802. The molecule has 1 saturated heterocycles. The molecule has 3 rings (SSSR count). The molecular weight excluding hydrogens is 328 g/mol. The summed E-state index contributed by atoms with van der Waals surface area (Å²) in [5.74, 6) is -0.183. The summed E-state index contributed by atoms with van der Waals surface area (Å²) in [6.45, 7) is 6.04. The SMILES string of the molecule is C[C@@H]1C[NH+](CC(=O)Nc2ccccc2C(=O)c2ccccc2)C[C@@H](C)O1. The monoisotopic (exact) mass is 353 g/mol. The molecule has 0 bridgehead atoms. The molecule has 1 fully saturated rings. The molecule has 0 unspecified atom stereocenters. The molecule has 5 nitrogen and oxygen atoms in total. The summed E-state index contributed by atoms with van der Waals surface area (Å²) in [6.07, 6.45) is 0.294. The second-order valence-electron chi connectivity index (χ2n) is 6.88. The van der Waals surface area contributed by atoms with E-state index < -0.39 is 0 Å². The predicted molar refractivity (Wildman–Crippen MR) is 101 cm³/mol. The maximum absolute atomic E-state index is 12.8. The smallest absolute Gasteiger partial charge is 0.279 e. The van der Waals surface area contributed by atoms with E-state index in [0.29, 0.717) is 23.4 Å². The molecule has 2 atom stereocenters. The lowest BCUT2D eigenvalue weighted by atomic mass is 10.0. The number of carbonyl (C=O) groups is 2. The van der Waals surface area contributed by atoms with E-state index in [1.807, 2.05) is 44.2 Å². The van der Waals surface area contributed by atoms with Crippen LogP contribution in [-0.2, 0) is 9.53 Å². The van der Waals surface area contributed by atoms with Crippen LogP contribution in [0.25, 0.3) is 0 Å². The Hall–Kier alpha value is -2.50. The van der Waals surface area contributed by atoms with Crippen LogP contribution in [-0.4, -0.2) is 43.5 Å². The van der Waals surface area contributed by atoms with Crippen molar-refractivity contribution in [2.45, 2.75) is 26.1 Å². The fraction of sp³-hybridized carbons (Fsp3) is 0.333. The maximum Gasteiger partial charge on any atom is 0.279 e. The second-order valence-corrected chi connectivity index (χ2v) is 6.88. The Balaban J connectivity index is 1.70. The molecule has 0 aliphatic carbocycles. The van der Waals surface area contributed by atoms with Crippen LogP contribution in [0.2, 0.25) is 0 Å². The van der Waals surface area contributed by atoms with Gasteiger partial charge in [0.1, 0.15) is 25.3 Å². The number of rotatable bonds is 5. The van der Waals surface area contributed by atoms with Gasteiger partial charge in [0.25, 0.3) is 5.91 Å². The van der Waals surface area contributed by atoms with Crippen molar-refractivity contribution in [3.63, 3.8) is 0 Å². The Bertz CT molecular complexity index is 766. The van der Waals surface area contributed by atoms with Crippen LogP contribution in [0.5, 0.6) is 0 Å². The summed E-state index contributed by atoms with van der Waals surface area (Å²) >= 11 is 0. The van der Waals surface area contributed by atoms with Gasteiger partial charge in [-0.15, -0.1) is 0 Å². The van der Waals surface area contributed by atoms with Gasteiger partial charge in [0.15, 0.2) is 12.3 Å². The van der Waals surface area contributed by atoms with Crippen molar-refractivity contribution in [2.24, 2.45) is 0 Å². The highest BCUT2D eigenvalue weighted by atomic mass is 16.5. The van der Waals surface area contributed by atoms with Gasteiger partial charge in [-0.05, 0) is 26.0 Å². The van der Waals surface area contributed by atoms with Crippen molar-refractivity contribution in [1.82, 2.24) is 0 Å². The van der Waals surface area contributed by atoms with Gasteiger partial charge in [0.05, 0.1) is 5.69 Å². The number of nitrogens with one attached hydrogen (secondary N) is 2. The number of hydrogen-bond acceptors (Lipinski definition) is 3. The number of para-hydroxylation sites is 1. The van der Waals surface area contributed by atoms with Crippen molar-refractivity contribution in [2.75, 3.05) is 25.0 Å². The number of quaternary nitrogens is 1. The average molecular weight is 353 g/mol. The summed E-state index contributed by atoms with van der Waals surface area (Å²) in [7, 11) is 0. The van der Waals surface area contributed by atoms with Crippen LogP contribution in [0.3, 0.4) is 0 Å². The molecule has 0 radical (unpaired) electrons. The maximum atomic E-state index is 12.8. The van der Waals surface area contributed by atoms with E-state index in [1.54, 1.807) is 24.3 Å². The highest BCUT2D eigenvalue weighted by Gasteiger charge is 2.27. The van der Waals surface area contributed by atoms with Crippen molar-refractivity contribution < 1.29 is 19.2 Å². The van der Waals surface area contributed by atoms with E-state index in [4.69, 9.17) is 4.74 Å². The predicted octanol–water partition coefficient (Wildman–Crippen LogP) is 1.55. The third-order valence-electron chi connectivity index (χ3n) is 4.51. The Kier molecular flexibility index (Phi) is 5.81. The van der Waals surface area contributed by atoms with Crippen molar-refractivity contribution in [3.8, 4) is 0 Å². The highest BCUT2D eigenvalue weighted by Crippen LogP contribution is 2.19. The standard InChI is InChI=1S/C21H24N2O3/c1-15-12-23(13-16(2)26-15)14-20(24)22-19-11-7-6-10-18(19)21(25)17-8-4-3-5-9-17/h3-11,15-16H,12-14H2,1-2H3,(H,22,24)/p+1/t15-,16-/m1/s1. The normalized spacial score (nSPS) is 22.6. The van der Waals surface area contributed by atoms with E-state index in [2.05, 4.69) is 5.32 Å². The number of hydrogen-bond donors (Lipinski definition) is 2. The first-order valence-corrected chi connectivity index (χ1v) is 9.00. The van der Waals surface area contributed by atoms with Crippen LogP contribution in [0.4, 0.5) is 5.69 Å². The van der Waals surface area contributed by atoms with Gasteiger partial charge in [-0.3, -0.25) is 9.59 Å². The van der Waals surface area contributed by atoms with Crippen LogP contribution in [0.15, 0.2) is 54.6 Å². The van der Waals surface area contributed by atoms with Crippen LogP contribution in [0, 0.1) is 0 Å². The zero-order valence-corrected chi connectivity index (χ0v) is 15.2. The first-order valence-electron chi connectivity index (χ1n) is 9.00. The van der Waals surface area contributed by atoms with Gasteiger partial charge >= 0.3 is 0 Å². The molecule has 0 spiro atoms. The molecule has 1 amide bonds. The number of carbonyl (C=O) groups excluding carboxylic acids is 2. The van der Waals surface area contributed by atoms with E-state index in [0.717, 1.165) is 13.1 Å². The first-order chi connectivity index (χ1) is 12.5. The molecule has 2 aromatic rings. The van der Waals surface area contributed by atoms with E-state index in [9.17, 15) is 9.59 Å².